The zero-order chi connectivity index (χ0) is 37.6. The van der Waals surface area contributed by atoms with E-state index in [1.54, 1.807) is 74.9 Å². The molecule has 0 saturated heterocycles. The minimum absolute atomic E-state index is 0. The van der Waals surface area contributed by atoms with E-state index < -0.39 is 12.1 Å². The molecule has 0 heterocycles. The summed E-state index contributed by atoms with van der Waals surface area (Å²) >= 11 is 0. The zero-order valence-electron chi connectivity index (χ0n) is 29.8. The van der Waals surface area contributed by atoms with Crippen molar-refractivity contribution in [1.29, 1.82) is 0 Å². The molecule has 0 spiro atoms. The molecule has 8 nitrogen and oxygen atoms in total. The number of hydrogen-bond acceptors (Lipinski definition) is 6. The summed E-state index contributed by atoms with van der Waals surface area (Å²) in [4.78, 5) is 26.0. The normalized spacial score (nSPS) is 13.8. The molecular weight excluding hydrogens is 740 g/mol. The molecule has 2 aliphatic rings. The summed E-state index contributed by atoms with van der Waals surface area (Å²) < 4.78 is 10.8. The summed E-state index contributed by atoms with van der Waals surface area (Å²) in [6.45, 7) is 0. The van der Waals surface area contributed by atoms with Gasteiger partial charge in [0.15, 0.2) is 11.6 Å². The summed E-state index contributed by atoms with van der Waals surface area (Å²) in [5.41, 5.74) is 4.86. The van der Waals surface area contributed by atoms with Crippen LogP contribution in [0.2, 0.25) is 0 Å². The second-order valence-electron chi connectivity index (χ2n) is 12.5. The molecule has 8 rings (SSSR count). The molecule has 1 radical (unpaired) electrons. The van der Waals surface area contributed by atoms with Crippen LogP contribution < -0.4 is 19.7 Å². The summed E-state index contributed by atoms with van der Waals surface area (Å²) in [6, 6.07) is 45.8. The summed E-state index contributed by atoms with van der Waals surface area (Å²) in [5, 5.41) is 35.6. The molecule has 0 aliphatic heterocycles. The van der Waals surface area contributed by atoms with Crippen LogP contribution >= 0.6 is 0 Å². The second kappa shape index (κ2) is 17.1. The molecular formula is C46H34CuN2O6-2. The first-order chi connectivity index (χ1) is 26.4. The predicted octanol–water partition coefficient (Wildman–Crippen LogP) is 8.82. The van der Waals surface area contributed by atoms with Crippen molar-refractivity contribution in [3.8, 4) is 11.5 Å². The number of Topliss-reactive ketones (excluding diaryl/α,β-unsaturated/α-hetero) is 2. The van der Waals surface area contributed by atoms with Crippen LogP contribution in [0.5, 0.6) is 11.5 Å². The van der Waals surface area contributed by atoms with Gasteiger partial charge in [-0.25, -0.2) is 0 Å². The fraction of sp³-hybridized carbons (Fsp3) is 0.0870. The van der Waals surface area contributed by atoms with Gasteiger partial charge in [0.25, 0.3) is 0 Å². The zero-order valence-corrected chi connectivity index (χ0v) is 30.8. The number of carbonyl (C=O) groups is 2. The standard InChI is InChI=1S/2C23H18NO3.Cu/c2*1-27-19-14-8-7-13-18(19)24-21(15-9-3-2-4-10-15)20-22(25)16-11-5-6-12-17(16)23(20)26;/h2*2-14,21H,1H3,(H,25,26);/q2*-1;+2/p-2. The first kappa shape index (κ1) is 38.2. The molecule has 0 fully saturated rings. The van der Waals surface area contributed by atoms with Crippen LogP contribution in [-0.4, -0.2) is 25.8 Å². The van der Waals surface area contributed by atoms with Gasteiger partial charge in [-0.15, -0.1) is 0 Å². The van der Waals surface area contributed by atoms with Crippen LogP contribution in [0.15, 0.2) is 169 Å². The fourth-order valence-corrected chi connectivity index (χ4v) is 6.67. The molecule has 277 valence electrons. The topological polar surface area (TPSA) is 127 Å². The van der Waals surface area contributed by atoms with Gasteiger partial charge in [0, 0.05) is 11.1 Å². The average Bonchev–Trinajstić information content (AvgIpc) is 3.63. The number of rotatable bonds is 10. The predicted molar refractivity (Wildman–Crippen MR) is 206 cm³/mol. The molecule has 0 bridgehead atoms. The molecule has 2 atom stereocenters. The maximum atomic E-state index is 13.0. The van der Waals surface area contributed by atoms with Gasteiger partial charge < -0.3 is 30.3 Å². The Kier molecular flexibility index (Phi) is 11.9. The first-order valence-corrected chi connectivity index (χ1v) is 17.3. The monoisotopic (exact) mass is 773 g/mol. The van der Waals surface area contributed by atoms with E-state index in [4.69, 9.17) is 20.1 Å². The van der Waals surface area contributed by atoms with Crippen molar-refractivity contribution in [2.45, 2.75) is 12.1 Å². The molecule has 9 heteroatoms. The Morgan fingerprint density at radius 3 is 1.09 bits per heavy atom. The third kappa shape index (κ3) is 7.62. The van der Waals surface area contributed by atoms with Crippen LogP contribution in [0.1, 0.15) is 55.1 Å². The Morgan fingerprint density at radius 2 is 0.745 bits per heavy atom. The number of para-hydroxylation sites is 4. The minimum Gasteiger partial charge on any atom is -0.872 e. The number of ether oxygens (including phenoxy) is 2. The van der Waals surface area contributed by atoms with Crippen molar-refractivity contribution in [2.24, 2.45) is 0 Å². The molecule has 0 saturated carbocycles. The van der Waals surface area contributed by atoms with E-state index in [-0.39, 0.29) is 51.3 Å². The smallest absolute Gasteiger partial charge is 0.872 e. The van der Waals surface area contributed by atoms with Gasteiger partial charge in [0.1, 0.15) is 11.5 Å². The Bertz CT molecular complexity index is 2220. The number of methoxy groups -OCH3 is 2. The van der Waals surface area contributed by atoms with E-state index in [1.165, 1.54) is 0 Å². The SMILES string of the molecule is COc1ccccc1[N-]C(C1=C([O-])c2ccccc2C1=O)c1ccccc1.COc1ccccc1[N-]C(C1=C([O-])c2ccccc2C1=O)c1ccccc1.[Cu+2]. The van der Waals surface area contributed by atoms with Crippen molar-refractivity contribution >= 4 is 34.5 Å². The molecule has 6 aromatic rings. The van der Waals surface area contributed by atoms with E-state index in [0.29, 0.717) is 45.1 Å². The van der Waals surface area contributed by atoms with Crippen molar-refractivity contribution in [2.75, 3.05) is 14.2 Å². The second-order valence-corrected chi connectivity index (χ2v) is 12.5. The molecule has 6 aromatic carbocycles. The number of hydrogen-bond donors (Lipinski definition) is 0. The van der Waals surface area contributed by atoms with Crippen LogP contribution in [0, 0.1) is 0 Å². The van der Waals surface area contributed by atoms with E-state index >= 15 is 0 Å². The number of carbonyl (C=O) groups excluding carboxylic acids is 2. The Balaban J connectivity index is 0.000000184. The van der Waals surface area contributed by atoms with Gasteiger partial charge in [0.05, 0.1) is 14.2 Å². The van der Waals surface area contributed by atoms with Crippen LogP contribution in [0.3, 0.4) is 0 Å². The summed E-state index contributed by atoms with van der Waals surface area (Å²) in [5.74, 6) is 0.140. The molecule has 0 N–H and O–H groups in total. The third-order valence-corrected chi connectivity index (χ3v) is 9.30. The van der Waals surface area contributed by atoms with Gasteiger partial charge in [-0.3, -0.25) is 9.59 Å². The fourth-order valence-electron chi connectivity index (χ4n) is 6.67. The number of ketones is 2. The molecule has 0 aromatic heterocycles. The van der Waals surface area contributed by atoms with E-state index in [0.717, 1.165) is 11.1 Å². The van der Waals surface area contributed by atoms with Crippen molar-refractivity contribution < 1.29 is 46.3 Å². The van der Waals surface area contributed by atoms with Crippen LogP contribution in [0.4, 0.5) is 11.4 Å². The maximum absolute atomic E-state index is 13.0. The minimum atomic E-state index is -0.699. The Hall–Kier alpha value is -6.54. The van der Waals surface area contributed by atoms with Crippen molar-refractivity contribution in [3.63, 3.8) is 0 Å². The van der Waals surface area contributed by atoms with Crippen molar-refractivity contribution in [1.82, 2.24) is 0 Å². The molecule has 0 amide bonds. The maximum Gasteiger partial charge on any atom is 2.00 e. The average molecular weight is 774 g/mol. The largest absolute Gasteiger partial charge is 2.00 e. The van der Waals surface area contributed by atoms with Gasteiger partial charge >= 0.3 is 17.1 Å². The summed E-state index contributed by atoms with van der Waals surface area (Å²) in [6.07, 6.45) is 0. The Labute approximate surface area is 330 Å². The van der Waals surface area contributed by atoms with Gasteiger partial charge in [-0.2, -0.15) is 0 Å². The molecule has 2 aliphatic carbocycles. The van der Waals surface area contributed by atoms with Gasteiger partial charge in [-0.1, -0.05) is 192 Å². The van der Waals surface area contributed by atoms with Crippen molar-refractivity contribution in [3.05, 3.63) is 213 Å². The Morgan fingerprint density at radius 1 is 0.436 bits per heavy atom. The molecule has 2 unspecified atom stereocenters. The van der Waals surface area contributed by atoms with Gasteiger partial charge in [-0.05, 0) is 34.4 Å². The van der Waals surface area contributed by atoms with Gasteiger partial charge in [0.2, 0.25) is 0 Å². The van der Waals surface area contributed by atoms with Crippen LogP contribution in [-0.2, 0) is 17.1 Å². The molecule has 55 heavy (non-hydrogen) atoms. The van der Waals surface area contributed by atoms with E-state index in [2.05, 4.69) is 0 Å². The summed E-state index contributed by atoms with van der Waals surface area (Å²) in [7, 11) is 3.14. The van der Waals surface area contributed by atoms with Crippen LogP contribution in [0.25, 0.3) is 22.2 Å². The third-order valence-electron chi connectivity index (χ3n) is 9.30. The number of nitrogens with zero attached hydrogens (tertiary/aromatic N) is 2. The van der Waals surface area contributed by atoms with E-state index in [9.17, 15) is 19.8 Å². The first-order valence-electron chi connectivity index (χ1n) is 17.3. The number of benzene rings is 6. The quantitative estimate of drug-likeness (QED) is 0.128. The number of fused-ring (bicyclic) bond motifs is 2. The van der Waals surface area contributed by atoms with E-state index in [1.807, 2.05) is 97.1 Å².